The van der Waals surface area contributed by atoms with Crippen molar-refractivity contribution in [2.45, 2.75) is 46.0 Å². The number of hydrogen-bond donors (Lipinski definition) is 0. The number of hydrogen-bond acceptors (Lipinski definition) is 0. The van der Waals surface area contributed by atoms with Gasteiger partial charge in [0.15, 0.2) is 0 Å². The lowest BCUT2D eigenvalue weighted by Crippen LogP contribution is -1.89. The molecule has 178 valence electrons. The molecule has 0 aliphatic carbocycles. The summed E-state index contributed by atoms with van der Waals surface area (Å²) in [5.74, 6) is 12.3. The molecule has 4 aromatic carbocycles. The van der Waals surface area contributed by atoms with Gasteiger partial charge in [-0.1, -0.05) is 85.6 Å². The molecule has 1 heteroatoms. The molecule has 0 unspecified atom stereocenters. The molecule has 0 aliphatic heterocycles. The van der Waals surface area contributed by atoms with Crippen molar-refractivity contribution in [1.29, 1.82) is 0 Å². The van der Waals surface area contributed by atoms with E-state index in [0.717, 1.165) is 41.3 Å². The van der Waals surface area contributed by atoms with Crippen LogP contribution in [0.4, 0.5) is 4.39 Å². The number of rotatable bonds is 6. The maximum atomic E-state index is 15.1. The molecule has 36 heavy (non-hydrogen) atoms. The Hall–Kier alpha value is -4.07. The lowest BCUT2D eigenvalue weighted by atomic mass is 10.0. The standard InChI is InChI=1S/C35H31F/c1-3-5-7-9-31-21-25-34-33(26-31)24-23-32(35(34)36)22-20-30-18-16-29(17-19-30)15-14-28-12-10-27(11-13-28)8-6-4-2/h3,5,10-13,16-19,21,23-26H,4,6-9H2,1-2H3/b5-3+. The molecule has 0 N–H and O–H groups in total. The molecule has 0 heterocycles. The number of aryl methyl sites for hydroxylation is 2. The minimum absolute atomic E-state index is 0.261. The van der Waals surface area contributed by atoms with E-state index in [-0.39, 0.29) is 5.82 Å². The molecule has 0 spiro atoms. The Morgan fingerprint density at radius 3 is 1.94 bits per heavy atom. The van der Waals surface area contributed by atoms with Gasteiger partial charge in [0.25, 0.3) is 0 Å². The van der Waals surface area contributed by atoms with Crippen molar-refractivity contribution in [3.63, 3.8) is 0 Å². The Bertz CT molecular complexity index is 1460. The Morgan fingerprint density at radius 2 is 1.31 bits per heavy atom. The second-order valence-electron chi connectivity index (χ2n) is 8.97. The van der Waals surface area contributed by atoms with Crippen molar-refractivity contribution < 1.29 is 4.39 Å². The Labute approximate surface area is 214 Å². The van der Waals surface area contributed by atoms with Crippen molar-refractivity contribution in [2.24, 2.45) is 0 Å². The van der Waals surface area contributed by atoms with E-state index in [9.17, 15) is 0 Å². The van der Waals surface area contributed by atoms with Crippen molar-refractivity contribution in [3.8, 4) is 23.7 Å². The van der Waals surface area contributed by atoms with Crippen LogP contribution in [0.5, 0.6) is 0 Å². The second-order valence-corrected chi connectivity index (χ2v) is 8.97. The zero-order chi connectivity index (χ0) is 25.2. The predicted octanol–water partition coefficient (Wildman–Crippen LogP) is 8.63. The third kappa shape index (κ3) is 6.75. The molecule has 0 radical (unpaired) electrons. The van der Waals surface area contributed by atoms with Gasteiger partial charge in [-0.25, -0.2) is 4.39 Å². The van der Waals surface area contributed by atoms with Crippen LogP contribution in [0, 0.1) is 29.5 Å². The summed E-state index contributed by atoms with van der Waals surface area (Å²) in [6.45, 7) is 4.23. The van der Waals surface area contributed by atoms with E-state index in [0.29, 0.717) is 10.9 Å². The summed E-state index contributed by atoms with van der Waals surface area (Å²) in [4.78, 5) is 0. The topological polar surface area (TPSA) is 0 Å². The zero-order valence-corrected chi connectivity index (χ0v) is 21.1. The van der Waals surface area contributed by atoms with E-state index >= 15 is 4.39 Å². The Balaban J connectivity index is 1.44. The van der Waals surface area contributed by atoms with Gasteiger partial charge in [0, 0.05) is 22.1 Å². The van der Waals surface area contributed by atoms with Crippen LogP contribution in [-0.2, 0) is 12.8 Å². The van der Waals surface area contributed by atoms with Gasteiger partial charge in [0.2, 0.25) is 0 Å². The van der Waals surface area contributed by atoms with Crippen LogP contribution in [0.3, 0.4) is 0 Å². The van der Waals surface area contributed by atoms with Gasteiger partial charge in [-0.3, -0.25) is 0 Å². The van der Waals surface area contributed by atoms with Crippen LogP contribution < -0.4 is 0 Å². The van der Waals surface area contributed by atoms with E-state index in [1.807, 2.05) is 49.4 Å². The summed E-state index contributed by atoms with van der Waals surface area (Å²) in [7, 11) is 0. The van der Waals surface area contributed by atoms with Gasteiger partial charge in [-0.15, -0.1) is 0 Å². The van der Waals surface area contributed by atoms with Gasteiger partial charge in [0.05, 0.1) is 5.56 Å². The molecular weight excluding hydrogens is 439 g/mol. The van der Waals surface area contributed by atoms with Crippen molar-refractivity contribution in [3.05, 3.63) is 130 Å². The highest BCUT2D eigenvalue weighted by molar-refractivity contribution is 5.85. The van der Waals surface area contributed by atoms with Crippen LogP contribution in [0.25, 0.3) is 10.8 Å². The Kier molecular flexibility index (Phi) is 8.75. The van der Waals surface area contributed by atoms with Gasteiger partial charge in [-0.05, 0) is 91.6 Å². The van der Waals surface area contributed by atoms with E-state index in [1.54, 1.807) is 6.07 Å². The molecule has 0 amide bonds. The maximum Gasteiger partial charge on any atom is 0.146 e. The first-order chi connectivity index (χ1) is 17.7. The minimum atomic E-state index is -0.261. The highest BCUT2D eigenvalue weighted by atomic mass is 19.1. The Morgan fingerprint density at radius 1 is 0.694 bits per heavy atom. The predicted molar refractivity (Wildman–Crippen MR) is 150 cm³/mol. The second kappa shape index (κ2) is 12.6. The van der Waals surface area contributed by atoms with E-state index in [2.05, 4.69) is 73.1 Å². The zero-order valence-electron chi connectivity index (χ0n) is 21.1. The van der Waals surface area contributed by atoms with Crippen LogP contribution in [-0.4, -0.2) is 0 Å². The summed E-state index contributed by atoms with van der Waals surface area (Å²) in [5, 5.41) is 1.52. The van der Waals surface area contributed by atoms with Crippen LogP contribution >= 0.6 is 0 Å². The third-order valence-electron chi connectivity index (χ3n) is 6.20. The number of benzene rings is 4. The number of fused-ring (bicyclic) bond motifs is 1. The molecule has 0 bridgehead atoms. The summed E-state index contributed by atoms with van der Waals surface area (Å²) < 4.78 is 15.1. The molecule has 0 saturated carbocycles. The normalized spacial score (nSPS) is 10.6. The minimum Gasteiger partial charge on any atom is -0.205 e. The fourth-order valence-electron chi connectivity index (χ4n) is 4.07. The van der Waals surface area contributed by atoms with E-state index < -0.39 is 0 Å². The molecule has 0 atom stereocenters. The number of halogens is 1. The molecule has 0 saturated heterocycles. The summed E-state index contributed by atoms with van der Waals surface area (Å²) >= 11 is 0. The quantitative estimate of drug-likeness (QED) is 0.195. The van der Waals surface area contributed by atoms with Gasteiger partial charge in [0.1, 0.15) is 5.82 Å². The highest BCUT2D eigenvalue weighted by Gasteiger charge is 2.06. The average Bonchev–Trinajstić information content (AvgIpc) is 2.92. The number of allylic oxidation sites excluding steroid dienone is 2. The molecule has 4 rings (SSSR count). The highest BCUT2D eigenvalue weighted by Crippen LogP contribution is 2.23. The maximum absolute atomic E-state index is 15.1. The van der Waals surface area contributed by atoms with E-state index in [4.69, 9.17) is 0 Å². The van der Waals surface area contributed by atoms with Crippen LogP contribution in [0.2, 0.25) is 0 Å². The average molecular weight is 471 g/mol. The molecular formula is C35H31F. The molecule has 0 aliphatic rings. The number of unbranched alkanes of at least 4 members (excludes halogenated alkanes) is 1. The van der Waals surface area contributed by atoms with Crippen LogP contribution in [0.15, 0.2) is 91.0 Å². The smallest absolute Gasteiger partial charge is 0.146 e. The monoisotopic (exact) mass is 470 g/mol. The summed E-state index contributed by atoms with van der Waals surface area (Å²) in [6, 6.07) is 25.9. The van der Waals surface area contributed by atoms with E-state index in [1.165, 1.54) is 24.0 Å². The van der Waals surface area contributed by atoms with Crippen molar-refractivity contribution in [1.82, 2.24) is 0 Å². The first kappa shape index (κ1) is 25.0. The largest absolute Gasteiger partial charge is 0.205 e. The molecule has 4 aromatic rings. The molecule has 0 nitrogen and oxygen atoms in total. The lowest BCUT2D eigenvalue weighted by molar-refractivity contribution is 0.636. The van der Waals surface area contributed by atoms with Crippen molar-refractivity contribution >= 4 is 10.8 Å². The molecule has 0 aromatic heterocycles. The molecule has 0 fully saturated rings. The van der Waals surface area contributed by atoms with Crippen molar-refractivity contribution in [2.75, 3.05) is 0 Å². The van der Waals surface area contributed by atoms with Gasteiger partial charge >= 0.3 is 0 Å². The summed E-state index contributed by atoms with van der Waals surface area (Å²) in [5.41, 5.74) is 5.76. The SMILES string of the molecule is C/C=C/CCc1ccc2c(F)c(C#Cc3ccc(C#Cc4ccc(CCCC)cc4)cc3)ccc2c1. The first-order valence-corrected chi connectivity index (χ1v) is 12.7. The third-order valence-corrected chi connectivity index (χ3v) is 6.20. The first-order valence-electron chi connectivity index (χ1n) is 12.7. The summed E-state index contributed by atoms with van der Waals surface area (Å²) in [6.07, 6.45) is 9.69. The van der Waals surface area contributed by atoms with Crippen LogP contribution in [0.1, 0.15) is 66.5 Å². The fourth-order valence-corrected chi connectivity index (χ4v) is 4.07. The lowest BCUT2D eigenvalue weighted by Gasteiger charge is -2.05. The fraction of sp³-hybridized carbons (Fsp3) is 0.200. The van der Waals surface area contributed by atoms with Gasteiger partial charge < -0.3 is 0 Å². The van der Waals surface area contributed by atoms with Gasteiger partial charge in [-0.2, -0.15) is 0 Å².